The van der Waals surface area contributed by atoms with Crippen molar-refractivity contribution in [1.82, 2.24) is 4.98 Å². The van der Waals surface area contributed by atoms with E-state index >= 15 is 0 Å². The third kappa shape index (κ3) is 2.21. The monoisotopic (exact) mass is 183 g/mol. The van der Waals surface area contributed by atoms with Crippen LogP contribution >= 0.6 is 11.6 Å². The van der Waals surface area contributed by atoms with Crippen molar-refractivity contribution in [2.45, 2.75) is 33.1 Å². The molecule has 0 saturated heterocycles. The summed E-state index contributed by atoms with van der Waals surface area (Å²) in [6, 6.07) is 2.05. The van der Waals surface area contributed by atoms with E-state index < -0.39 is 0 Å². The first kappa shape index (κ1) is 9.53. The van der Waals surface area contributed by atoms with Gasteiger partial charge in [0, 0.05) is 6.20 Å². The minimum atomic E-state index is 0.642. The van der Waals surface area contributed by atoms with Crippen molar-refractivity contribution in [2.75, 3.05) is 0 Å². The number of aromatic nitrogens is 1. The maximum atomic E-state index is 5.88. The first-order chi connectivity index (χ1) is 5.75. The molecule has 0 amide bonds. The Bertz CT molecular complexity index is 258. The number of rotatable bonds is 3. The Morgan fingerprint density at radius 3 is 2.92 bits per heavy atom. The fourth-order valence-corrected chi connectivity index (χ4v) is 1.36. The summed E-state index contributed by atoms with van der Waals surface area (Å²) < 4.78 is 0. The van der Waals surface area contributed by atoms with Gasteiger partial charge in [-0.3, -0.25) is 0 Å². The molecule has 0 aromatic carbocycles. The second-order valence-electron chi connectivity index (χ2n) is 2.99. The van der Waals surface area contributed by atoms with Gasteiger partial charge in [0.15, 0.2) is 0 Å². The smallest absolute Gasteiger partial charge is 0.132 e. The summed E-state index contributed by atoms with van der Waals surface area (Å²) in [4.78, 5) is 4.01. The summed E-state index contributed by atoms with van der Waals surface area (Å²) in [6.45, 7) is 4.22. The van der Waals surface area contributed by atoms with Crippen LogP contribution in [0.2, 0.25) is 5.15 Å². The van der Waals surface area contributed by atoms with Crippen LogP contribution in [0.1, 0.15) is 30.9 Å². The van der Waals surface area contributed by atoms with Gasteiger partial charge in [0.05, 0.1) is 0 Å². The van der Waals surface area contributed by atoms with E-state index in [0.29, 0.717) is 5.15 Å². The first-order valence-electron chi connectivity index (χ1n) is 4.35. The van der Waals surface area contributed by atoms with E-state index in [1.807, 2.05) is 6.92 Å². The van der Waals surface area contributed by atoms with Gasteiger partial charge >= 0.3 is 0 Å². The van der Waals surface area contributed by atoms with Crippen molar-refractivity contribution in [1.29, 1.82) is 0 Å². The Balaban J connectivity index is 2.78. The molecule has 0 saturated carbocycles. The first-order valence-corrected chi connectivity index (χ1v) is 4.73. The van der Waals surface area contributed by atoms with Crippen LogP contribution in [-0.4, -0.2) is 4.98 Å². The van der Waals surface area contributed by atoms with Gasteiger partial charge in [-0.05, 0) is 37.0 Å². The fourth-order valence-electron chi connectivity index (χ4n) is 1.19. The molecule has 0 aliphatic rings. The predicted molar refractivity (Wildman–Crippen MR) is 52.6 cm³/mol. The largest absolute Gasteiger partial charge is 0.244 e. The molecule has 0 fully saturated rings. The standard InChI is InChI=1S/C10H14ClN/c1-3-4-5-9-6-7-12-10(11)8(9)2/h6-7H,3-5H2,1-2H3. The number of hydrogen-bond donors (Lipinski definition) is 0. The zero-order valence-electron chi connectivity index (χ0n) is 7.60. The molecule has 1 aromatic heterocycles. The molecule has 0 bridgehead atoms. The van der Waals surface area contributed by atoms with E-state index in [4.69, 9.17) is 11.6 Å². The Morgan fingerprint density at radius 2 is 2.25 bits per heavy atom. The van der Waals surface area contributed by atoms with E-state index in [0.717, 1.165) is 12.0 Å². The van der Waals surface area contributed by atoms with Crippen LogP contribution in [0.25, 0.3) is 0 Å². The average Bonchev–Trinajstić information content (AvgIpc) is 2.08. The molecule has 2 heteroatoms. The number of unbranched alkanes of at least 4 members (excludes halogenated alkanes) is 1. The summed E-state index contributed by atoms with van der Waals surface area (Å²) in [7, 11) is 0. The minimum absolute atomic E-state index is 0.642. The third-order valence-electron chi connectivity index (χ3n) is 2.05. The quantitative estimate of drug-likeness (QED) is 0.655. The van der Waals surface area contributed by atoms with Gasteiger partial charge in [0.2, 0.25) is 0 Å². The number of halogens is 1. The van der Waals surface area contributed by atoms with E-state index in [2.05, 4.69) is 18.0 Å². The molecule has 1 nitrogen and oxygen atoms in total. The molecule has 66 valence electrons. The summed E-state index contributed by atoms with van der Waals surface area (Å²) in [5.74, 6) is 0. The lowest BCUT2D eigenvalue weighted by Crippen LogP contribution is -1.91. The van der Waals surface area contributed by atoms with Gasteiger partial charge in [0.1, 0.15) is 5.15 Å². The number of hydrogen-bond acceptors (Lipinski definition) is 1. The summed E-state index contributed by atoms with van der Waals surface area (Å²) >= 11 is 5.88. The second kappa shape index (κ2) is 4.46. The second-order valence-corrected chi connectivity index (χ2v) is 3.35. The lowest BCUT2D eigenvalue weighted by Gasteiger charge is -2.04. The molecular formula is C10H14ClN. The third-order valence-corrected chi connectivity index (χ3v) is 2.44. The maximum Gasteiger partial charge on any atom is 0.132 e. The summed E-state index contributed by atoms with van der Waals surface area (Å²) in [5, 5.41) is 0.642. The molecule has 1 aromatic rings. The zero-order valence-corrected chi connectivity index (χ0v) is 8.36. The van der Waals surface area contributed by atoms with E-state index in [1.165, 1.54) is 18.4 Å². The molecule has 0 radical (unpaired) electrons. The van der Waals surface area contributed by atoms with E-state index in [9.17, 15) is 0 Å². The van der Waals surface area contributed by atoms with Crippen LogP contribution in [0.5, 0.6) is 0 Å². The van der Waals surface area contributed by atoms with Gasteiger partial charge < -0.3 is 0 Å². The molecule has 0 aliphatic heterocycles. The normalized spacial score (nSPS) is 10.2. The van der Waals surface area contributed by atoms with Crippen LogP contribution in [-0.2, 0) is 6.42 Å². The van der Waals surface area contributed by atoms with Crippen molar-refractivity contribution in [3.63, 3.8) is 0 Å². The average molecular weight is 184 g/mol. The highest BCUT2D eigenvalue weighted by atomic mass is 35.5. The summed E-state index contributed by atoms with van der Waals surface area (Å²) in [5.41, 5.74) is 2.46. The Morgan fingerprint density at radius 1 is 1.50 bits per heavy atom. The number of aryl methyl sites for hydroxylation is 1. The molecule has 0 unspecified atom stereocenters. The van der Waals surface area contributed by atoms with Crippen molar-refractivity contribution in [3.05, 3.63) is 28.5 Å². The SMILES string of the molecule is CCCCc1ccnc(Cl)c1C. The van der Waals surface area contributed by atoms with Crippen molar-refractivity contribution >= 4 is 11.6 Å². The van der Waals surface area contributed by atoms with Crippen molar-refractivity contribution in [3.8, 4) is 0 Å². The van der Waals surface area contributed by atoms with Gasteiger partial charge in [0.25, 0.3) is 0 Å². The minimum Gasteiger partial charge on any atom is -0.244 e. The van der Waals surface area contributed by atoms with Crippen molar-refractivity contribution in [2.24, 2.45) is 0 Å². The van der Waals surface area contributed by atoms with Crippen LogP contribution in [0, 0.1) is 6.92 Å². The van der Waals surface area contributed by atoms with Gasteiger partial charge in [-0.1, -0.05) is 24.9 Å². The van der Waals surface area contributed by atoms with Gasteiger partial charge in [-0.25, -0.2) is 4.98 Å². The zero-order chi connectivity index (χ0) is 8.97. The van der Waals surface area contributed by atoms with E-state index in [1.54, 1.807) is 6.20 Å². The highest BCUT2D eigenvalue weighted by Crippen LogP contribution is 2.17. The van der Waals surface area contributed by atoms with Crippen molar-refractivity contribution < 1.29 is 0 Å². The number of nitrogens with zero attached hydrogens (tertiary/aromatic N) is 1. The lowest BCUT2D eigenvalue weighted by molar-refractivity contribution is 0.790. The van der Waals surface area contributed by atoms with E-state index in [-0.39, 0.29) is 0 Å². The molecule has 1 heterocycles. The maximum absolute atomic E-state index is 5.88. The Hall–Kier alpha value is -0.560. The molecule has 0 atom stereocenters. The molecule has 0 spiro atoms. The topological polar surface area (TPSA) is 12.9 Å². The molecular weight excluding hydrogens is 170 g/mol. The highest BCUT2D eigenvalue weighted by molar-refractivity contribution is 6.30. The predicted octanol–water partition coefficient (Wildman–Crippen LogP) is 3.39. The highest BCUT2D eigenvalue weighted by Gasteiger charge is 2.01. The van der Waals surface area contributed by atoms with Gasteiger partial charge in [-0.2, -0.15) is 0 Å². The van der Waals surface area contributed by atoms with Crippen LogP contribution < -0.4 is 0 Å². The summed E-state index contributed by atoms with van der Waals surface area (Å²) in [6.07, 6.45) is 5.34. The van der Waals surface area contributed by atoms with Crippen LogP contribution in [0.3, 0.4) is 0 Å². The van der Waals surface area contributed by atoms with Crippen LogP contribution in [0.15, 0.2) is 12.3 Å². The Labute approximate surface area is 78.8 Å². The lowest BCUT2D eigenvalue weighted by atomic mass is 10.1. The fraction of sp³-hybridized carbons (Fsp3) is 0.500. The molecule has 0 aliphatic carbocycles. The Kier molecular flexibility index (Phi) is 3.54. The van der Waals surface area contributed by atoms with Gasteiger partial charge in [-0.15, -0.1) is 0 Å². The molecule has 1 rings (SSSR count). The van der Waals surface area contributed by atoms with Crippen LogP contribution in [0.4, 0.5) is 0 Å². The molecule has 12 heavy (non-hydrogen) atoms. The molecule has 0 N–H and O–H groups in total. The number of pyridine rings is 1.